The van der Waals surface area contributed by atoms with Gasteiger partial charge in [-0.15, -0.1) is 0 Å². The van der Waals surface area contributed by atoms with E-state index in [4.69, 9.17) is 0 Å². The second kappa shape index (κ2) is 6.85. The van der Waals surface area contributed by atoms with Crippen LogP contribution in [-0.2, 0) is 10.0 Å². The van der Waals surface area contributed by atoms with Crippen molar-refractivity contribution in [2.75, 3.05) is 18.4 Å². The normalized spacial score (nSPS) is 15.2. The van der Waals surface area contributed by atoms with Crippen LogP contribution in [0.4, 0.5) is 5.69 Å². The Morgan fingerprint density at radius 3 is 2.48 bits per heavy atom. The number of benzene rings is 2. The molecule has 0 radical (unpaired) electrons. The maximum atomic E-state index is 12.6. The van der Waals surface area contributed by atoms with Crippen molar-refractivity contribution in [3.05, 3.63) is 53.6 Å². The van der Waals surface area contributed by atoms with Crippen LogP contribution in [-0.4, -0.2) is 36.8 Å². The molecule has 1 amide bonds. The largest absolute Gasteiger partial charge is 0.506 e. The van der Waals surface area contributed by atoms with Gasteiger partial charge in [0, 0.05) is 18.7 Å². The third-order valence-electron chi connectivity index (χ3n) is 4.31. The maximum Gasteiger partial charge on any atom is 0.256 e. The van der Waals surface area contributed by atoms with E-state index in [-0.39, 0.29) is 16.3 Å². The smallest absolute Gasteiger partial charge is 0.256 e. The van der Waals surface area contributed by atoms with E-state index in [9.17, 15) is 18.3 Å². The number of hydrogen-bond acceptors (Lipinski definition) is 4. The van der Waals surface area contributed by atoms with Crippen molar-refractivity contribution in [2.24, 2.45) is 0 Å². The van der Waals surface area contributed by atoms with E-state index < -0.39 is 15.9 Å². The zero-order chi connectivity index (χ0) is 18.0. The summed E-state index contributed by atoms with van der Waals surface area (Å²) < 4.78 is 26.7. The first-order chi connectivity index (χ1) is 11.9. The van der Waals surface area contributed by atoms with Crippen LogP contribution in [0.5, 0.6) is 5.75 Å². The first kappa shape index (κ1) is 17.4. The third kappa shape index (κ3) is 3.52. The van der Waals surface area contributed by atoms with Crippen LogP contribution in [0.3, 0.4) is 0 Å². The third-order valence-corrected chi connectivity index (χ3v) is 6.20. The minimum Gasteiger partial charge on any atom is -0.506 e. The lowest BCUT2D eigenvalue weighted by molar-refractivity contribution is 0.102. The number of carbonyl (C=O) groups is 1. The van der Waals surface area contributed by atoms with Crippen LogP contribution in [0.15, 0.2) is 47.4 Å². The van der Waals surface area contributed by atoms with Crippen molar-refractivity contribution in [1.29, 1.82) is 0 Å². The number of anilines is 1. The first-order valence-electron chi connectivity index (χ1n) is 8.10. The van der Waals surface area contributed by atoms with Crippen LogP contribution < -0.4 is 5.32 Å². The number of phenolic OH excluding ortho intramolecular Hbond substituents is 1. The van der Waals surface area contributed by atoms with Crippen LogP contribution in [0.2, 0.25) is 0 Å². The molecule has 0 bridgehead atoms. The SMILES string of the molecule is Cc1ccccc1C(=O)Nc1cc(S(=O)(=O)N2CCCC2)ccc1O. The number of amides is 1. The molecule has 132 valence electrons. The van der Waals surface area contributed by atoms with Gasteiger partial charge in [0.2, 0.25) is 10.0 Å². The molecule has 3 rings (SSSR count). The lowest BCUT2D eigenvalue weighted by Gasteiger charge is -2.17. The van der Waals surface area contributed by atoms with Gasteiger partial charge < -0.3 is 10.4 Å². The summed E-state index contributed by atoms with van der Waals surface area (Å²) in [5.74, 6) is -0.577. The van der Waals surface area contributed by atoms with Crippen molar-refractivity contribution >= 4 is 21.6 Å². The molecular weight excluding hydrogens is 340 g/mol. The monoisotopic (exact) mass is 360 g/mol. The highest BCUT2D eigenvalue weighted by atomic mass is 32.2. The summed E-state index contributed by atoms with van der Waals surface area (Å²) in [6.07, 6.45) is 1.68. The van der Waals surface area contributed by atoms with E-state index in [0.29, 0.717) is 18.7 Å². The van der Waals surface area contributed by atoms with E-state index in [1.54, 1.807) is 12.1 Å². The van der Waals surface area contributed by atoms with E-state index in [2.05, 4.69) is 5.32 Å². The molecule has 1 aliphatic rings. The zero-order valence-electron chi connectivity index (χ0n) is 13.9. The Labute approximate surface area is 147 Å². The summed E-state index contributed by atoms with van der Waals surface area (Å²) in [6, 6.07) is 11.0. The molecule has 25 heavy (non-hydrogen) atoms. The van der Waals surface area contributed by atoms with Gasteiger partial charge in [0.05, 0.1) is 10.6 Å². The topological polar surface area (TPSA) is 86.7 Å². The quantitative estimate of drug-likeness (QED) is 0.821. The summed E-state index contributed by atoms with van der Waals surface area (Å²) >= 11 is 0. The fraction of sp³-hybridized carbons (Fsp3) is 0.278. The highest BCUT2D eigenvalue weighted by Crippen LogP contribution is 2.29. The van der Waals surface area contributed by atoms with Crippen molar-refractivity contribution in [3.8, 4) is 5.75 Å². The molecule has 0 saturated carbocycles. The van der Waals surface area contributed by atoms with Crippen LogP contribution >= 0.6 is 0 Å². The molecule has 0 aromatic heterocycles. The van der Waals surface area contributed by atoms with Crippen LogP contribution in [0.1, 0.15) is 28.8 Å². The van der Waals surface area contributed by atoms with Crippen LogP contribution in [0, 0.1) is 6.92 Å². The van der Waals surface area contributed by atoms with Crippen molar-refractivity contribution < 1.29 is 18.3 Å². The number of phenols is 1. The number of aromatic hydroxyl groups is 1. The Morgan fingerprint density at radius 2 is 1.80 bits per heavy atom. The summed E-state index contributed by atoms with van der Waals surface area (Å²) in [5, 5.41) is 12.6. The zero-order valence-corrected chi connectivity index (χ0v) is 14.7. The summed E-state index contributed by atoms with van der Waals surface area (Å²) in [6.45, 7) is 2.80. The van der Waals surface area contributed by atoms with Gasteiger partial charge in [-0.25, -0.2) is 8.42 Å². The van der Waals surface area contributed by atoms with Gasteiger partial charge in [0.25, 0.3) is 5.91 Å². The fourth-order valence-electron chi connectivity index (χ4n) is 2.87. The minimum absolute atomic E-state index is 0.0623. The lowest BCUT2D eigenvalue weighted by Crippen LogP contribution is -2.28. The summed E-state index contributed by atoms with van der Waals surface area (Å²) in [7, 11) is -3.62. The number of hydrogen-bond donors (Lipinski definition) is 2. The Hall–Kier alpha value is -2.38. The predicted octanol–water partition coefficient (Wildman–Crippen LogP) is 2.74. The van der Waals surface area contributed by atoms with Crippen molar-refractivity contribution in [2.45, 2.75) is 24.7 Å². The number of nitrogens with zero attached hydrogens (tertiary/aromatic N) is 1. The molecule has 7 heteroatoms. The second-order valence-electron chi connectivity index (χ2n) is 6.06. The van der Waals surface area contributed by atoms with E-state index in [1.807, 2.05) is 19.1 Å². The minimum atomic E-state index is -3.62. The standard InChI is InChI=1S/C18H20N2O4S/c1-13-6-2-3-7-15(13)18(22)19-16-12-14(8-9-17(16)21)25(23,24)20-10-4-5-11-20/h2-3,6-9,12,21H,4-5,10-11H2,1H3,(H,19,22). The first-order valence-corrected chi connectivity index (χ1v) is 9.54. The van der Waals surface area contributed by atoms with Gasteiger partial charge in [-0.3, -0.25) is 4.79 Å². The van der Waals surface area contributed by atoms with E-state index >= 15 is 0 Å². The number of rotatable bonds is 4. The summed E-state index contributed by atoms with van der Waals surface area (Å²) in [4.78, 5) is 12.5. The average molecular weight is 360 g/mol. The Balaban J connectivity index is 1.90. The molecule has 0 spiro atoms. The predicted molar refractivity (Wildman–Crippen MR) is 95.2 cm³/mol. The molecule has 6 nitrogen and oxygen atoms in total. The highest BCUT2D eigenvalue weighted by Gasteiger charge is 2.28. The highest BCUT2D eigenvalue weighted by molar-refractivity contribution is 7.89. The maximum absolute atomic E-state index is 12.6. The van der Waals surface area contributed by atoms with Crippen molar-refractivity contribution in [1.82, 2.24) is 4.31 Å². The molecule has 0 atom stereocenters. The molecule has 2 aromatic rings. The van der Waals surface area contributed by atoms with Gasteiger partial charge in [-0.2, -0.15) is 4.31 Å². The van der Waals surface area contributed by atoms with Gasteiger partial charge in [0.1, 0.15) is 5.75 Å². The number of nitrogens with one attached hydrogen (secondary N) is 1. The molecule has 1 aliphatic heterocycles. The molecule has 1 saturated heterocycles. The summed E-state index contributed by atoms with van der Waals surface area (Å²) in [5.41, 5.74) is 1.34. The van der Waals surface area contributed by atoms with Gasteiger partial charge >= 0.3 is 0 Å². The molecule has 2 N–H and O–H groups in total. The number of aryl methyl sites for hydroxylation is 1. The molecule has 2 aromatic carbocycles. The lowest BCUT2D eigenvalue weighted by atomic mass is 10.1. The Bertz CT molecular complexity index is 903. The number of carbonyl (C=O) groups excluding carboxylic acids is 1. The molecule has 1 heterocycles. The molecule has 0 unspecified atom stereocenters. The van der Waals surface area contributed by atoms with Gasteiger partial charge in [-0.1, -0.05) is 18.2 Å². The molecular formula is C18H20N2O4S. The van der Waals surface area contributed by atoms with Gasteiger partial charge in [-0.05, 0) is 49.6 Å². The van der Waals surface area contributed by atoms with Gasteiger partial charge in [0.15, 0.2) is 0 Å². The molecule has 0 aliphatic carbocycles. The van der Waals surface area contributed by atoms with E-state index in [0.717, 1.165) is 18.4 Å². The molecule has 1 fully saturated rings. The van der Waals surface area contributed by atoms with Crippen molar-refractivity contribution in [3.63, 3.8) is 0 Å². The van der Waals surface area contributed by atoms with E-state index in [1.165, 1.54) is 22.5 Å². The van der Waals surface area contributed by atoms with Crippen LogP contribution in [0.25, 0.3) is 0 Å². The number of sulfonamides is 1. The second-order valence-corrected chi connectivity index (χ2v) is 8.00. The Kier molecular flexibility index (Phi) is 4.78. The Morgan fingerprint density at radius 1 is 1.12 bits per heavy atom. The average Bonchev–Trinajstić information content (AvgIpc) is 3.12. The fourth-order valence-corrected chi connectivity index (χ4v) is 4.41.